The standard InChI is InChI=1S/C21H13BrF3NO5S/c22-15-5-11-6-19(20(15)27)32(29,30)26-18-8-14(16(24)9-17(18)25)13-7-12(23)2-1-10(13)3-4-31-21(11)28/h1-2,5-9,26-27H,3-4H2. The Morgan fingerprint density at radius 3 is 2.50 bits per heavy atom. The maximum absolute atomic E-state index is 14.6. The van der Waals surface area contributed by atoms with E-state index in [0.29, 0.717) is 11.6 Å². The first-order valence-electron chi connectivity index (χ1n) is 9.07. The van der Waals surface area contributed by atoms with Gasteiger partial charge in [-0.05, 0) is 57.4 Å². The van der Waals surface area contributed by atoms with Crippen LogP contribution in [0, 0.1) is 17.5 Å². The maximum atomic E-state index is 14.6. The van der Waals surface area contributed by atoms with Crippen LogP contribution in [0.3, 0.4) is 0 Å². The molecule has 0 amide bonds. The molecule has 4 bridgehead atoms. The summed E-state index contributed by atoms with van der Waals surface area (Å²) in [5.74, 6) is -4.59. The fraction of sp³-hybridized carbons (Fsp3) is 0.0952. The third-order valence-electron chi connectivity index (χ3n) is 4.82. The highest BCUT2D eigenvalue weighted by Crippen LogP contribution is 2.36. The van der Waals surface area contributed by atoms with Gasteiger partial charge in [0.1, 0.15) is 28.1 Å². The highest BCUT2D eigenvalue weighted by molar-refractivity contribution is 9.10. The second-order valence-electron chi connectivity index (χ2n) is 6.91. The second-order valence-corrected chi connectivity index (χ2v) is 9.41. The zero-order chi connectivity index (χ0) is 23.2. The number of ether oxygens (including phenoxy) is 1. The van der Waals surface area contributed by atoms with Crippen molar-refractivity contribution in [3.63, 3.8) is 0 Å². The summed E-state index contributed by atoms with van der Waals surface area (Å²) in [6.07, 6.45) is 0.0747. The number of hydrogen-bond donors (Lipinski definition) is 2. The van der Waals surface area contributed by atoms with Crippen molar-refractivity contribution < 1.29 is 36.2 Å². The number of esters is 1. The first-order chi connectivity index (χ1) is 15.1. The van der Waals surface area contributed by atoms with Crippen molar-refractivity contribution in [2.24, 2.45) is 0 Å². The summed E-state index contributed by atoms with van der Waals surface area (Å²) in [6, 6.07) is 6.94. The first-order valence-corrected chi connectivity index (χ1v) is 11.3. The molecule has 3 aromatic rings. The summed E-state index contributed by atoms with van der Waals surface area (Å²) in [6.45, 7) is -0.189. The van der Waals surface area contributed by atoms with Gasteiger partial charge >= 0.3 is 5.97 Å². The van der Waals surface area contributed by atoms with Crippen LogP contribution in [-0.2, 0) is 21.2 Å². The van der Waals surface area contributed by atoms with Crippen molar-refractivity contribution in [2.45, 2.75) is 11.3 Å². The fourth-order valence-electron chi connectivity index (χ4n) is 3.28. The van der Waals surface area contributed by atoms with Gasteiger partial charge in [-0.3, -0.25) is 4.72 Å². The number of halogens is 4. The summed E-state index contributed by atoms with van der Waals surface area (Å²) in [5, 5.41) is 10.2. The minimum atomic E-state index is -4.64. The topological polar surface area (TPSA) is 92.7 Å². The number of carbonyl (C=O) groups is 1. The number of fused-ring (bicyclic) bond motifs is 6. The van der Waals surface area contributed by atoms with E-state index in [2.05, 4.69) is 15.9 Å². The van der Waals surface area contributed by atoms with Gasteiger partial charge in [0.05, 0.1) is 22.3 Å². The molecule has 0 saturated carbocycles. The Balaban J connectivity index is 1.98. The Morgan fingerprint density at radius 1 is 1.00 bits per heavy atom. The summed E-state index contributed by atoms with van der Waals surface area (Å²) in [4.78, 5) is 11.7. The van der Waals surface area contributed by atoms with Crippen LogP contribution in [0.15, 0.2) is 51.8 Å². The van der Waals surface area contributed by atoms with Crippen molar-refractivity contribution in [1.29, 1.82) is 0 Å². The van der Waals surface area contributed by atoms with E-state index in [1.54, 1.807) is 0 Å². The summed E-state index contributed by atoms with van der Waals surface area (Å²) < 4.78 is 75.8. The molecule has 0 aromatic heterocycles. The highest BCUT2D eigenvalue weighted by Gasteiger charge is 2.26. The Hall–Kier alpha value is -3.05. The number of rotatable bonds is 0. The van der Waals surface area contributed by atoms with Gasteiger partial charge in [-0.1, -0.05) is 6.07 Å². The third-order valence-corrected chi connectivity index (χ3v) is 6.80. The number of cyclic esters (lactones) is 1. The van der Waals surface area contributed by atoms with Gasteiger partial charge in [-0.25, -0.2) is 26.4 Å². The van der Waals surface area contributed by atoms with Gasteiger partial charge in [-0.15, -0.1) is 0 Å². The zero-order valence-electron chi connectivity index (χ0n) is 16.0. The number of phenolic OH excluding ortho intramolecular Hbond substituents is 1. The van der Waals surface area contributed by atoms with Crippen molar-refractivity contribution >= 4 is 37.6 Å². The average molecular weight is 528 g/mol. The van der Waals surface area contributed by atoms with Crippen LogP contribution in [0.25, 0.3) is 11.1 Å². The molecule has 0 fully saturated rings. The number of phenols is 1. The van der Waals surface area contributed by atoms with Crippen molar-refractivity contribution in [3.05, 3.63) is 75.5 Å². The van der Waals surface area contributed by atoms with Crippen LogP contribution in [-0.4, -0.2) is 26.1 Å². The number of benzene rings is 3. The van der Waals surface area contributed by atoms with Gasteiger partial charge in [0.25, 0.3) is 10.0 Å². The minimum absolute atomic E-state index is 0.0418. The van der Waals surface area contributed by atoms with E-state index in [1.165, 1.54) is 12.1 Å². The van der Waals surface area contributed by atoms with Crippen LogP contribution in [0.4, 0.5) is 18.9 Å². The summed E-state index contributed by atoms with van der Waals surface area (Å²) in [5.41, 5.74) is -0.645. The zero-order valence-corrected chi connectivity index (χ0v) is 18.4. The first kappa shape index (κ1) is 22.2. The largest absolute Gasteiger partial charge is 0.505 e. The molecule has 1 aliphatic rings. The minimum Gasteiger partial charge on any atom is -0.505 e. The molecule has 1 aliphatic heterocycles. The van der Waals surface area contributed by atoms with Gasteiger partial charge < -0.3 is 9.84 Å². The van der Waals surface area contributed by atoms with Crippen molar-refractivity contribution in [3.8, 4) is 16.9 Å². The molecule has 1 heterocycles. The summed E-state index contributed by atoms with van der Waals surface area (Å²) in [7, 11) is -4.64. The second kappa shape index (κ2) is 8.14. The molecule has 6 nitrogen and oxygen atoms in total. The van der Waals surface area contributed by atoms with Crippen LogP contribution in [0.1, 0.15) is 15.9 Å². The molecule has 0 aliphatic carbocycles. The highest BCUT2D eigenvalue weighted by atomic mass is 79.9. The number of aromatic hydroxyl groups is 1. The van der Waals surface area contributed by atoms with E-state index in [9.17, 15) is 31.5 Å². The molecule has 3 aromatic carbocycles. The molecule has 32 heavy (non-hydrogen) atoms. The van der Waals surface area contributed by atoms with Gasteiger partial charge in [-0.2, -0.15) is 0 Å². The van der Waals surface area contributed by atoms with Crippen LogP contribution < -0.4 is 4.72 Å². The maximum Gasteiger partial charge on any atom is 0.338 e. The van der Waals surface area contributed by atoms with E-state index >= 15 is 0 Å². The molecular formula is C21H13BrF3NO5S. The Labute approximate surface area is 188 Å². The van der Waals surface area contributed by atoms with Gasteiger partial charge in [0.15, 0.2) is 0 Å². The molecule has 166 valence electrons. The normalized spacial score (nSPS) is 15.2. The van der Waals surface area contributed by atoms with Crippen LogP contribution in [0.5, 0.6) is 5.75 Å². The molecule has 0 radical (unpaired) electrons. The number of anilines is 1. The molecule has 4 rings (SSSR count). The number of carbonyl (C=O) groups excluding carboxylic acids is 1. The van der Waals surface area contributed by atoms with E-state index in [1.807, 2.05) is 4.72 Å². The molecule has 0 saturated heterocycles. The lowest BCUT2D eigenvalue weighted by Gasteiger charge is -2.17. The SMILES string of the molecule is O=C1OCCc2ccc(F)cc2-c2cc(c(F)cc2F)NS(=O)(=O)c2cc1cc(Br)c2O. The smallest absolute Gasteiger partial charge is 0.338 e. The Bertz CT molecular complexity index is 1380. The lowest BCUT2D eigenvalue weighted by molar-refractivity contribution is 0.0509. The van der Waals surface area contributed by atoms with E-state index in [4.69, 9.17) is 4.74 Å². The van der Waals surface area contributed by atoms with Crippen molar-refractivity contribution in [2.75, 3.05) is 11.3 Å². The van der Waals surface area contributed by atoms with Crippen molar-refractivity contribution in [1.82, 2.24) is 0 Å². The average Bonchev–Trinajstić information content (AvgIpc) is 2.72. The lowest BCUT2D eigenvalue weighted by Crippen LogP contribution is -2.17. The fourth-order valence-corrected chi connectivity index (χ4v) is 5.08. The van der Waals surface area contributed by atoms with Gasteiger partial charge in [0.2, 0.25) is 0 Å². The molecule has 0 atom stereocenters. The molecule has 0 spiro atoms. The van der Waals surface area contributed by atoms with Crippen LogP contribution in [0.2, 0.25) is 0 Å². The predicted octanol–water partition coefficient (Wildman–Crippen LogP) is 4.75. The molecule has 11 heteroatoms. The third kappa shape index (κ3) is 4.05. The molecule has 0 unspecified atom stereocenters. The Kier molecular flexibility index (Phi) is 5.63. The molecular weight excluding hydrogens is 515 g/mol. The number of sulfonamides is 1. The molecule has 2 N–H and O–H groups in total. The van der Waals surface area contributed by atoms with E-state index in [0.717, 1.165) is 24.3 Å². The summed E-state index contributed by atoms with van der Waals surface area (Å²) >= 11 is 2.98. The number of hydrogen-bond acceptors (Lipinski definition) is 5. The predicted molar refractivity (Wildman–Crippen MR) is 112 cm³/mol. The monoisotopic (exact) mass is 527 g/mol. The lowest BCUT2D eigenvalue weighted by atomic mass is 9.96. The van der Waals surface area contributed by atoms with Gasteiger partial charge in [0, 0.05) is 18.1 Å². The van der Waals surface area contributed by atoms with E-state index < -0.39 is 49.8 Å². The quantitative estimate of drug-likeness (QED) is 0.411. The van der Waals surface area contributed by atoms with Crippen LogP contribution >= 0.6 is 15.9 Å². The Morgan fingerprint density at radius 2 is 1.75 bits per heavy atom. The van der Waals surface area contributed by atoms with E-state index in [-0.39, 0.29) is 34.2 Å². The number of nitrogens with one attached hydrogen (secondary N) is 1.